The molecule has 106 heavy (non-hydrogen) atoms. The number of hydrogen-bond donors (Lipinski definition) is 32. The van der Waals surface area contributed by atoms with E-state index >= 15 is 0 Å². The van der Waals surface area contributed by atoms with Gasteiger partial charge in [0.2, 0.25) is 11.8 Å². The smallest absolute Gasteiger partial charge is 0.237 e. The molecule has 0 spiro atoms. The first-order valence-corrected chi connectivity index (χ1v) is 34.9. The summed E-state index contributed by atoms with van der Waals surface area (Å²) in [4.78, 5) is 32.8. The molecule has 48 nitrogen and oxygen atoms in total. The van der Waals surface area contributed by atoms with E-state index in [-0.39, 0.29) is 76.9 Å². The number of hydrogen-bond acceptors (Lipinski definition) is 42. The lowest BCUT2D eigenvalue weighted by Crippen LogP contribution is -2.68. The SMILES string of the molecule is NC[C@@H]1OC(O[C@H]2[C@@H](O)[C@H](O[C@@H]3[C@@H](O)[C@H](N)C[C@H](N)[C@H]3O[C@H]3O[C@H](CNC(=O)[C@@H](N)CCCN=C(N)N)[C@@H](O)[C@H](O)[C@H]3N)O[C@@H]2CO)[C@H](N)[C@@H](O)[C@@H]1O.NC[C@H]1O[C@H](O[C@H]2[C@H](O[C@@H]3O[C@H](CO)[C@@H](OC4O[C@@H](CNC(=O)[C@@H](N)CCCN=C(N)N)[C@@H](O)[C@H](O)[C@H]4N)[C@H]3O)[C@@H](O)[C@H](N)C[C@@H]2N)[C@H](N)[C@@H](O)[C@@H]1O. The minimum absolute atomic E-state index is 0.0197. The van der Waals surface area contributed by atoms with E-state index in [1.165, 1.54) is 0 Å². The minimum atomic E-state index is -1.70. The van der Waals surface area contributed by atoms with Crippen LogP contribution in [0.15, 0.2) is 9.98 Å². The van der Waals surface area contributed by atoms with Crippen LogP contribution in [0.4, 0.5) is 0 Å². The van der Waals surface area contributed by atoms with E-state index < -0.39 is 270 Å². The van der Waals surface area contributed by atoms with Crippen LogP contribution in [0.2, 0.25) is 0 Å². The number of carbonyl (C=O) groups is 2. The standard InChI is InChI=1S/2C29H58N10O14/c30-5-11-17(42)19(44)14(34)26(48-11)52-23-13(7-40)50-28(21(23)46)53-24-16(41)9(32)4-10(33)22(24)51-27-15(35)20(45)18(43)12(49-27)6-39-25(47)8(31)2-1-3-38-29(36)37;30-5-11-17(42)19(44)14(34)26(48-11)51-22-10(33)4-9(32)16(41)24(22)53-28-21(46)23(13(7-40)50-28)52-27-15(35)20(45)18(43)12(49-27)6-39-25(47)8(31)2-1-3-38-29(36)37/h2*8-24,26-28,40-46H,1-7,30-35H2,(H,39,47)(H4,36,37,38)/t8-,9+,10-,11-,12+,13+,14+,15+,16-,17+,18+,19+,20+,21+,22+,23+,24+,26?,27+,28-;8-,9+,10-,11+,12-,13+,14+,15+,16-,17+,18+,19+,20+,21+,22+,23+,24+,26+,27?,28-/m00/s1. The lowest BCUT2D eigenvalue weighted by molar-refractivity contribution is -0.307. The van der Waals surface area contributed by atoms with Gasteiger partial charge in [-0.15, -0.1) is 0 Å². The minimum Gasteiger partial charge on any atom is -0.394 e. The zero-order valence-electron chi connectivity index (χ0n) is 58.1. The summed E-state index contributed by atoms with van der Waals surface area (Å²) in [6.07, 6.45) is -41.2. The number of aliphatic hydroxyl groups is 14. The molecule has 2 amide bonds. The van der Waals surface area contributed by atoms with E-state index in [2.05, 4.69) is 20.6 Å². The average molecular weight is 1540 g/mol. The highest BCUT2D eigenvalue weighted by Gasteiger charge is 2.58. The Kier molecular flexibility index (Phi) is 34.0. The lowest BCUT2D eigenvalue weighted by atomic mass is 9.84. The second-order valence-electron chi connectivity index (χ2n) is 27.6. The van der Waals surface area contributed by atoms with Crippen molar-refractivity contribution in [3.63, 3.8) is 0 Å². The summed E-state index contributed by atoms with van der Waals surface area (Å²) in [6, 6.07) is -10.8. The fraction of sp³-hybridized carbons (Fsp3) is 0.931. The van der Waals surface area contributed by atoms with Crippen molar-refractivity contribution >= 4 is 23.7 Å². The zero-order chi connectivity index (χ0) is 78.6. The van der Waals surface area contributed by atoms with Gasteiger partial charge in [-0.2, -0.15) is 0 Å². The fourth-order valence-electron chi connectivity index (χ4n) is 13.4. The maximum absolute atomic E-state index is 12.6. The van der Waals surface area contributed by atoms with E-state index in [1.54, 1.807) is 0 Å². The second-order valence-corrected chi connectivity index (χ2v) is 27.6. The number of guanidine groups is 2. The fourth-order valence-corrected chi connectivity index (χ4v) is 13.4. The summed E-state index contributed by atoms with van der Waals surface area (Å²) in [5.41, 5.74) is 93.8. The van der Waals surface area contributed by atoms with Crippen molar-refractivity contribution < 1.29 is 138 Å². The molecule has 0 aromatic carbocycles. The molecule has 0 radical (unpaired) electrons. The van der Waals surface area contributed by atoms with E-state index in [9.17, 15) is 81.1 Å². The summed E-state index contributed by atoms with van der Waals surface area (Å²) >= 11 is 0. The molecule has 0 aromatic heterocycles. The normalized spacial score (nSPS) is 45.4. The molecule has 6 heterocycles. The van der Waals surface area contributed by atoms with Gasteiger partial charge in [0, 0.05) is 63.4 Å². The van der Waals surface area contributed by atoms with Crippen molar-refractivity contribution in [3.05, 3.63) is 0 Å². The molecule has 8 aliphatic rings. The third kappa shape index (κ3) is 21.8. The van der Waals surface area contributed by atoms with Gasteiger partial charge in [0.05, 0.1) is 61.7 Å². The van der Waals surface area contributed by atoms with Crippen molar-refractivity contribution in [2.75, 3.05) is 52.5 Å². The Balaban J connectivity index is 0.000000296. The molecule has 40 atom stereocenters. The summed E-state index contributed by atoms with van der Waals surface area (Å²) in [7, 11) is 0. The van der Waals surface area contributed by atoms with Crippen molar-refractivity contribution in [2.24, 2.45) is 102 Å². The van der Waals surface area contributed by atoms with Gasteiger partial charge >= 0.3 is 0 Å². The molecule has 2 saturated carbocycles. The molecular formula is C58H116N20O28. The predicted molar refractivity (Wildman–Crippen MR) is 360 cm³/mol. The van der Waals surface area contributed by atoms with Crippen LogP contribution in [0.3, 0.4) is 0 Å². The third-order valence-corrected chi connectivity index (χ3v) is 19.8. The number of aliphatic hydroxyl groups excluding tert-OH is 14. The van der Waals surface area contributed by atoms with Crippen LogP contribution in [0.5, 0.6) is 0 Å². The first-order valence-electron chi connectivity index (χ1n) is 34.9. The number of nitrogens with one attached hydrogen (secondary N) is 2. The first-order chi connectivity index (χ1) is 50.0. The van der Waals surface area contributed by atoms with E-state index in [4.69, 9.17) is 149 Å². The molecule has 8 rings (SSSR count). The van der Waals surface area contributed by atoms with Crippen LogP contribution < -0.4 is 102 Å². The van der Waals surface area contributed by atoms with Gasteiger partial charge in [-0.25, -0.2) is 0 Å². The number of amides is 2. The molecular weight excluding hydrogens is 1420 g/mol. The largest absolute Gasteiger partial charge is 0.394 e. The van der Waals surface area contributed by atoms with E-state index in [0.717, 1.165) is 0 Å². The maximum Gasteiger partial charge on any atom is 0.237 e. The lowest BCUT2D eigenvalue weighted by Gasteiger charge is -2.47. The van der Waals surface area contributed by atoms with Crippen LogP contribution in [0.1, 0.15) is 38.5 Å². The number of ether oxygens (including phenoxy) is 12. The molecule has 2 unspecified atom stereocenters. The average Bonchev–Trinajstić information content (AvgIpc) is 1.76. The first kappa shape index (κ1) is 89.2. The van der Waals surface area contributed by atoms with Gasteiger partial charge < -0.3 is 231 Å². The molecule has 6 saturated heterocycles. The molecule has 616 valence electrons. The van der Waals surface area contributed by atoms with Gasteiger partial charge in [-0.3, -0.25) is 19.6 Å². The molecule has 0 bridgehead atoms. The van der Waals surface area contributed by atoms with Gasteiger partial charge in [0.1, 0.15) is 134 Å². The predicted octanol–water partition coefficient (Wildman–Crippen LogP) is -20.7. The number of aliphatic imine (C=N–C) groups is 2. The highest BCUT2D eigenvalue weighted by Crippen LogP contribution is 2.37. The van der Waals surface area contributed by atoms with Crippen LogP contribution in [0.25, 0.3) is 0 Å². The third-order valence-electron chi connectivity index (χ3n) is 19.8. The van der Waals surface area contributed by atoms with Gasteiger partial charge in [-0.1, -0.05) is 0 Å². The monoisotopic (exact) mass is 1540 g/mol. The number of nitrogens with zero attached hydrogens (tertiary/aromatic N) is 2. The highest BCUT2D eigenvalue weighted by molar-refractivity contribution is 5.82. The summed E-state index contributed by atoms with van der Waals surface area (Å²) in [5.74, 6) is -1.34. The van der Waals surface area contributed by atoms with Crippen LogP contribution >= 0.6 is 0 Å². The maximum atomic E-state index is 12.6. The topological polar surface area (TPSA) is 893 Å². The Hall–Kier alpha value is -4.04. The van der Waals surface area contributed by atoms with Gasteiger partial charge in [0.25, 0.3) is 0 Å². The molecule has 2 aliphatic carbocycles. The van der Waals surface area contributed by atoms with Crippen molar-refractivity contribution in [1.82, 2.24) is 10.6 Å². The van der Waals surface area contributed by atoms with Gasteiger partial charge in [-0.05, 0) is 38.5 Å². The molecule has 6 aliphatic heterocycles. The van der Waals surface area contributed by atoms with Crippen LogP contribution in [-0.2, 0) is 66.4 Å². The van der Waals surface area contributed by atoms with Crippen LogP contribution in [0, 0.1) is 0 Å². The molecule has 48 N–H and O–H groups in total. The van der Waals surface area contributed by atoms with E-state index in [0.29, 0.717) is 12.8 Å². The molecule has 0 aromatic rings. The second kappa shape index (κ2) is 40.4. The zero-order valence-corrected chi connectivity index (χ0v) is 58.1. The highest BCUT2D eigenvalue weighted by atomic mass is 16.8. The quantitative estimate of drug-likeness (QED) is 0.0180. The van der Waals surface area contributed by atoms with Crippen molar-refractivity contribution in [1.29, 1.82) is 0 Å². The van der Waals surface area contributed by atoms with Crippen molar-refractivity contribution in [2.45, 2.75) is 283 Å². The summed E-state index contributed by atoms with van der Waals surface area (Å²) in [5, 5.41) is 154. The van der Waals surface area contributed by atoms with Gasteiger partial charge in [0.15, 0.2) is 49.7 Å². The Labute approximate surface area is 608 Å². The number of carbonyl (C=O) groups excluding carboxylic acids is 2. The van der Waals surface area contributed by atoms with E-state index in [1.807, 2.05) is 0 Å². The van der Waals surface area contributed by atoms with Crippen LogP contribution in [-0.4, -0.2) is 392 Å². The summed E-state index contributed by atoms with van der Waals surface area (Å²) in [6.45, 7) is -1.87. The Bertz CT molecular complexity index is 2750. The number of nitrogens with two attached hydrogens (primary N) is 16. The summed E-state index contributed by atoms with van der Waals surface area (Å²) < 4.78 is 70.4. The Morgan fingerprint density at radius 3 is 0.934 bits per heavy atom. The molecule has 48 heteroatoms. The number of rotatable bonds is 30. The van der Waals surface area contributed by atoms with Crippen molar-refractivity contribution in [3.8, 4) is 0 Å². The molecule has 8 fully saturated rings. The Morgan fingerprint density at radius 1 is 0.368 bits per heavy atom. The Morgan fingerprint density at radius 2 is 0.642 bits per heavy atom.